The Morgan fingerprint density at radius 2 is 1.94 bits per heavy atom. The summed E-state index contributed by atoms with van der Waals surface area (Å²) in [7, 11) is 0. The van der Waals surface area contributed by atoms with E-state index in [1.54, 1.807) is 0 Å². The third kappa shape index (κ3) is 3.12. The maximum atomic E-state index is 8.84. The Balaban J connectivity index is 1.76. The van der Waals surface area contributed by atoms with Crippen LogP contribution in [0.4, 0.5) is 0 Å². The van der Waals surface area contributed by atoms with Gasteiger partial charge in [-0.1, -0.05) is 18.2 Å². The molecule has 0 N–H and O–H groups in total. The molecule has 0 fully saturated rings. The number of benzene rings is 1. The molecule has 0 radical (unpaired) electrons. The monoisotopic (exact) mass is 226 g/mol. The second kappa shape index (κ2) is 5.76. The molecule has 0 aliphatic rings. The van der Waals surface area contributed by atoms with E-state index in [4.69, 9.17) is 10.00 Å². The van der Waals surface area contributed by atoms with E-state index in [0.29, 0.717) is 12.3 Å². The van der Waals surface area contributed by atoms with Crippen molar-refractivity contribution in [2.45, 2.75) is 13.0 Å². The minimum absolute atomic E-state index is 0.660. The average Bonchev–Trinajstić information content (AvgIpc) is 2.83. The van der Waals surface area contributed by atoms with Gasteiger partial charge in [0.05, 0.1) is 6.61 Å². The van der Waals surface area contributed by atoms with Crippen molar-refractivity contribution in [2.75, 3.05) is 6.61 Å². The number of aryl methyl sites for hydroxylation is 1. The molecule has 0 bridgehead atoms. The quantitative estimate of drug-likeness (QED) is 0.735. The number of rotatable bonds is 5. The molecule has 1 aromatic heterocycles. The zero-order valence-corrected chi connectivity index (χ0v) is 9.54. The highest BCUT2D eigenvalue weighted by molar-refractivity contribution is 5.22. The van der Waals surface area contributed by atoms with Crippen LogP contribution in [0.25, 0.3) is 0 Å². The Labute approximate surface area is 101 Å². The highest BCUT2D eigenvalue weighted by Gasteiger charge is 1.98. The van der Waals surface area contributed by atoms with E-state index in [0.717, 1.165) is 18.7 Å². The average molecular weight is 226 g/mol. The lowest BCUT2D eigenvalue weighted by atomic mass is 10.3. The number of aromatic nitrogens is 1. The van der Waals surface area contributed by atoms with Gasteiger partial charge >= 0.3 is 0 Å². The van der Waals surface area contributed by atoms with E-state index in [1.807, 2.05) is 53.2 Å². The molecule has 2 aromatic rings. The molecule has 0 aliphatic heterocycles. The zero-order chi connectivity index (χ0) is 11.9. The summed E-state index contributed by atoms with van der Waals surface area (Å²) in [6, 6.07) is 15.6. The van der Waals surface area contributed by atoms with Crippen LogP contribution in [0.1, 0.15) is 12.1 Å². The minimum Gasteiger partial charge on any atom is -0.494 e. The van der Waals surface area contributed by atoms with Crippen LogP contribution in [-0.2, 0) is 6.54 Å². The second-order valence-electron chi connectivity index (χ2n) is 3.71. The Morgan fingerprint density at radius 1 is 1.12 bits per heavy atom. The molecular weight excluding hydrogens is 212 g/mol. The number of nitrogens with zero attached hydrogens (tertiary/aromatic N) is 2. The fraction of sp³-hybridized carbons (Fsp3) is 0.214. The molecular formula is C14H14N2O. The second-order valence-corrected chi connectivity index (χ2v) is 3.71. The van der Waals surface area contributed by atoms with Crippen LogP contribution < -0.4 is 4.74 Å². The first-order chi connectivity index (χ1) is 8.40. The van der Waals surface area contributed by atoms with Crippen molar-refractivity contribution >= 4 is 0 Å². The van der Waals surface area contributed by atoms with Gasteiger partial charge in [-0.25, -0.2) is 0 Å². The summed E-state index contributed by atoms with van der Waals surface area (Å²) >= 11 is 0. The lowest BCUT2D eigenvalue weighted by molar-refractivity contribution is 0.301. The summed E-state index contributed by atoms with van der Waals surface area (Å²) < 4.78 is 7.52. The van der Waals surface area contributed by atoms with Crippen molar-refractivity contribution in [3.05, 3.63) is 54.4 Å². The molecule has 1 heterocycles. The van der Waals surface area contributed by atoms with Crippen molar-refractivity contribution in [3.8, 4) is 11.8 Å². The summed E-state index contributed by atoms with van der Waals surface area (Å²) in [5, 5.41) is 8.84. The third-order valence-electron chi connectivity index (χ3n) is 2.50. The lowest BCUT2D eigenvalue weighted by Gasteiger charge is -2.07. The first-order valence-corrected chi connectivity index (χ1v) is 5.63. The lowest BCUT2D eigenvalue weighted by Crippen LogP contribution is -2.05. The molecule has 3 heteroatoms. The molecule has 17 heavy (non-hydrogen) atoms. The van der Waals surface area contributed by atoms with Crippen molar-refractivity contribution in [2.24, 2.45) is 0 Å². The predicted molar refractivity (Wildman–Crippen MR) is 65.7 cm³/mol. The Bertz CT molecular complexity index is 496. The van der Waals surface area contributed by atoms with Gasteiger partial charge in [-0.2, -0.15) is 5.26 Å². The summed E-state index contributed by atoms with van der Waals surface area (Å²) in [6.45, 7) is 1.47. The zero-order valence-electron chi connectivity index (χ0n) is 9.54. The molecule has 2 rings (SSSR count). The normalized spacial score (nSPS) is 9.82. The summed E-state index contributed by atoms with van der Waals surface area (Å²) in [4.78, 5) is 0. The van der Waals surface area contributed by atoms with Gasteiger partial charge in [0.25, 0.3) is 0 Å². The maximum absolute atomic E-state index is 8.84. The van der Waals surface area contributed by atoms with Crippen LogP contribution >= 0.6 is 0 Å². The van der Waals surface area contributed by atoms with E-state index in [9.17, 15) is 0 Å². The van der Waals surface area contributed by atoms with Crippen LogP contribution in [0.15, 0.2) is 48.7 Å². The number of hydrogen-bond donors (Lipinski definition) is 0. The fourth-order valence-electron chi connectivity index (χ4n) is 1.65. The molecule has 86 valence electrons. The highest BCUT2D eigenvalue weighted by Crippen LogP contribution is 2.09. The van der Waals surface area contributed by atoms with Gasteiger partial charge in [0.1, 0.15) is 17.5 Å². The van der Waals surface area contributed by atoms with Crippen molar-refractivity contribution in [1.29, 1.82) is 5.26 Å². The van der Waals surface area contributed by atoms with Crippen molar-refractivity contribution in [1.82, 2.24) is 4.57 Å². The predicted octanol–water partition coefficient (Wildman–Crippen LogP) is 2.83. The molecule has 0 spiro atoms. The SMILES string of the molecule is N#Cc1cccn1CCCOc1ccccc1. The smallest absolute Gasteiger partial charge is 0.120 e. The van der Waals surface area contributed by atoms with Gasteiger partial charge in [0.15, 0.2) is 0 Å². The molecule has 0 saturated carbocycles. The van der Waals surface area contributed by atoms with Crippen LogP contribution in [0.2, 0.25) is 0 Å². The molecule has 0 aliphatic carbocycles. The van der Waals surface area contributed by atoms with Gasteiger partial charge in [0.2, 0.25) is 0 Å². The van der Waals surface area contributed by atoms with Crippen LogP contribution in [0.3, 0.4) is 0 Å². The van der Waals surface area contributed by atoms with Gasteiger partial charge in [-0.3, -0.25) is 0 Å². The summed E-state index contributed by atoms with van der Waals surface area (Å²) in [5.74, 6) is 0.889. The van der Waals surface area contributed by atoms with Crippen LogP contribution in [0.5, 0.6) is 5.75 Å². The van der Waals surface area contributed by atoms with E-state index < -0.39 is 0 Å². The number of para-hydroxylation sites is 1. The first kappa shape index (κ1) is 11.3. The Hall–Kier alpha value is -2.21. The van der Waals surface area contributed by atoms with Gasteiger partial charge in [-0.05, 0) is 30.7 Å². The number of hydrogen-bond acceptors (Lipinski definition) is 2. The van der Waals surface area contributed by atoms with Gasteiger partial charge in [0, 0.05) is 12.7 Å². The molecule has 0 unspecified atom stereocenters. The van der Waals surface area contributed by atoms with Crippen LogP contribution in [0, 0.1) is 11.3 Å². The largest absolute Gasteiger partial charge is 0.494 e. The number of ether oxygens (including phenoxy) is 1. The third-order valence-corrected chi connectivity index (χ3v) is 2.50. The van der Waals surface area contributed by atoms with E-state index >= 15 is 0 Å². The molecule has 3 nitrogen and oxygen atoms in total. The summed E-state index contributed by atoms with van der Waals surface area (Å²) in [6.07, 6.45) is 2.80. The minimum atomic E-state index is 0.660. The van der Waals surface area contributed by atoms with Crippen LogP contribution in [-0.4, -0.2) is 11.2 Å². The fourth-order valence-corrected chi connectivity index (χ4v) is 1.65. The van der Waals surface area contributed by atoms with E-state index in [2.05, 4.69) is 6.07 Å². The molecule has 0 saturated heterocycles. The van der Waals surface area contributed by atoms with E-state index in [1.165, 1.54) is 0 Å². The molecule has 0 amide bonds. The first-order valence-electron chi connectivity index (χ1n) is 5.63. The maximum Gasteiger partial charge on any atom is 0.120 e. The Kier molecular flexibility index (Phi) is 3.82. The molecule has 0 atom stereocenters. The topological polar surface area (TPSA) is 38.0 Å². The standard InChI is InChI=1S/C14H14N2O/c15-12-13-6-4-9-16(13)10-5-11-17-14-7-2-1-3-8-14/h1-4,6-9H,5,10-11H2. The summed E-state index contributed by atoms with van der Waals surface area (Å²) in [5.41, 5.74) is 0.699. The number of nitriles is 1. The van der Waals surface area contributed by atoms with Gasteiger partial charge < -0.3 is 9.30 Å². The highest BCUT2D eigenvalue weighted by atomic mass is 16.5. The Morgan fingerprint density at radius 3 is 2.71 bits per heavy atom. The van der Waals surface area contributed by atoms with Gasteiger partial charge in [-0.15, -0.1) is 0 Å². The molecule has 1 aromatic carbocycles. The van der Waals surface area contributed by atoms with E-state index in [-0.39, 0.29) is 0 Å². The van der Waals surface area contributed by atoms with Crippen molar-refractivity contribution < 1.29 is 4.74 Å². The van der Waals surface area contributed by atoms with Crippen molar-refractivity contribution in [3.63, 3.8) is 0 Å².